The van der Waals surface area contributed by atoms with Crippen molar-refractivity contribution in [3.05, 3.63) is 0 Å². The maximum atomic E-state index is 10.3. The molecule has 8 heteroatoms. The van der Waals surface area contributed by atoms with Crippen molar-refractivity contribution in [2.45, 2.75) is 12.5 Å². The number of hydrogen-bond donors (Lipinski definition) is 4. The van der Waals surface area contributed by atoms with Gasteiger partial charge in [-0.25, -0.2) is 0 Å². The van der Waals surface area contributed by atoms with Gasteiger partial charge in [0, 0.05) is 6.54 Å². The molecule has 0 rings (SSSR count). The quantitative estimate of drug-likeness (QED) is 0.364. The van der Waals surface area contributed by atoms with Crippen molar-refractivity contribution in [3.63, 3.8) is 0 Å². The van der Waals surface area contributed by atoms with Gasteiger partial charge in [-0.3, -0.25) is 9.59 Å². The molecule has 0 aromatic heterocycles. The van der Waals surface area contributed by atoms with Crippen LogP contribution in [0.2, 0.25) is 0 Å². The number of hydrogen-bond acceptors (Lipinski definition) is 4. The molecule has 4 N–H and O–H groups in total. The molecule has 0 amide bonds. The molecule has 0 aliphatic heterocycles. The second-order valence-corrected chi connectivity index (χ2v) is 2.17. The van der Waals surface area contributed by atoms with Crippen molar-refractivity contribution >= 4 is 71.1 Å². The first-order chi connectivity index (χ1) is 5.57. The summed E-state index contributed by atoms with van der Waals surface area (Å²) in [6, 6.07) is -1.13. The minimum atomic E-state index is -1.23. The molecule has 0 saturated carbocycles. The topological polar surface area (TPSA) is 107 Å². The summed E-state index contributed by atoms with van der Waals surface area (Å²) in [5.41, 5.74) is 0. The number of aliphatic carboxylic acids is 2. The number of carboxylic acid groups (broad SMARTS) is 2. The van der Waals surface area contributed by atoms with Crippen molar-refractivity contribution in [1.29, 1.82) is 0 Å². The van der Waals surface area contributed by atoms with Gasteiger partial charge in [-0.1, -0.05) is 0 Å². The third kappa shape index (κ3) is 10.9. The van der Waals surface area contributed by atoms with Gasteiger partial charge in [0.05, 0.1) is 13.0 Å². The number of aliphatic hydroxyl groups is 1. The zero-order chi connectivity index (χ0) is 9.56. The molecular formula is C6H13NNa2O5. The molecule has 6 nitrogen and oxygen atoms in total. The van der Waals surface area contributed by atoms with Crippen LogP contribution >= 0.6 is 0 Å². The summed E-state index contributed by atoms with van der Waals surface area (Å²) in [6.45, 7) is -0.145. The number of carbonyl (C=O) groups is 2. The Labute approximate surface area is 126 Å². The van der Waals surface area contributed by atoms with E-state index >= 15 is 0 Å². The Morgan fingerprint density at radius 1 is 1.21 bits per heavy atom. The van der Waals surface area contributed by atoms with Gasteiger partial charge >= 0.3 is 71.1 Å². The van der Waals surface area contributed by atoms with Crippen LogP contribution in [0.15, 0.2) is 0 Å². The number of rotatable bonds is 6. The Hall–Kier alpha value is 0.860. The molecule has 14 heavy (non-hydrogen) atoms. The predicted octanol–water partition coefficient (Wildman–Crippen LogP) is -2.80. The molecule has 0 heterocycles. The van der Waals surface area contributed by atoms with Crippen LogP contribution in [0, 0.1) is 0 Å². The summed E-state index contributed by atoms with van der Waals surface area (Å²) in [5, 5.41) is 27.4. The normalized spacial score (nSPS) is 10.6. The first-order valence-corrected chi connectivity index (χ1v) is 3.36. The summed E-state index contributed by atoms with van der Waals surface area (Å²) < 4.78 is 0. The SMILES string of the molecule is O=C(O)C[C@H](NCCO)C(=O)O.[NaH].[NaH]. The fraction of sp³-hybridized carbons (Fsp3) is 0.667. The zero-order valence-electron chi connectivity index (χ0n) is 6.36. The van der Waals surface area contributed by atoms with Crippen LogP contribution in [-0.2, 0) is 9.59 Å². The van der Waals surface area contributed by atoms with E-state index in [4.69, 9.17) is 15.3 Å². The van der Waals surface area contributed by atoms with E-state index in [9.17, 15) is 9.59 Å². The number of aliphatic hydroxyl groups excluding tert-OH is 1. The van der Waals surface area contributed by atoms with Crippen LogP contribution < -0.4 is 5.32 Å². The standard InChI is InChI=1S/C6H11NO5.2Na.2H/c8-2-1-7-4(6(11)12)3-5(9)10;;;;/h4,7-8H,1-3H2,(H,9,10)(H,11,12);;;;/t4-;;;;/m0..../s1. The van der Waals surface area contributed by atoms with E-state index in [2.05, 4.69) is 5.32 Å². The van der Waals surface area contributed by atoms with Crippen molar-refractivity contribution < 1.29 is 24.9 Å². The number of nitrogens with one attached hydrogen (secondary N) is 1. The maximum absolute atomic E-state index is 10.3. The molecule has 0 saturated heterocycles. The van der Waals surface area contributed by atoms with Gasteiger partial charge < -0.3 is 20.6 Å². The molecule has 0 aliphatic carbocycles. The van der Waals surface area contributed by atoms with Crippen molar-refractivity contribution in [2.24, 2.45) is 0 Å². The number of carboxylic acids is 2. The first kappa shape index (κ1) is 20.3. The van der Waals surface area contributed by atoms with Crippen LogP contribution in [0.3, 0.4) is 0 Å². The van der Waals surface area contributed by atoms with Crippen molar-refractivity contribution in [2.75, 3.05) is 13.2 Å². The molecule has 0 radical (unpaired) electrons. The summed E-state index contributed by atoms with van der Waals surface area (Å²) >= 11 is 0. The van der Waals surface area contributed by atoms with Crippen LogP contribution in [0.5, 0.6) is 0 Å². The monoisotopic (exact) mass is 225 g/mol. The second-order valence-electron chi connectivity index (χ2n) is 2.17. The van der Waals surface area contributed by atoms with Gasteiger partial charge in [-0.15, -0.1) is 0 Å². The fourth-order valence-corrected chi connectivity index (χ4v) is 0.660. The molecule has 0 bridgehead atoms. The molecule has 0 aromatic carbocycles. The second kappa shape index (κ2) is 11.9. The molecule has 0 unspecified atom stereocenters. The van der Waals surface area contributed by atoms with Gasteiger partial charge in [-0.05, 0) is 0 Å². The third-order valence-corrected chi connectivity index (χ3v) is 1.18. The van der Waals surface area contributed by atoms with Crippen LogP contribution in [-0.4, -0.2) is 106 Å². The average molecular weight is 225 g/mol. The van der Waals surface area contributed by atoms with E-state index in [0.717, 1.165) is 0 Å². The minimum absolute atomic E-state index is 0. The Bertz CT molecular complexity index is 178. The molecule has 74 valence electrons. The van der Waals surface area contributed by atoms with E-state index < -0.39 is 24.4 Å². The van der Waals surface area contributed by atoms with E-state index in [1.807, 2.05) is 0 Å². The molecule has 1 atom stereocenters. The Kier molecular flexibility index (Phi) is 17.3. The summed E-state index contributed by atoms with van der Waals surface area (Å²) in [4.78, 5) is 20.4. The van der Waals surface area contributed by atoms with Crippen molar-refractivity contribution in [3.8, 4) is 0 Å². The van der Waals surface area contributed by atoms with Crippen LogP contribution in [0.1, 0.15) is 6.42 Å². The van der Waals surface area contributed by atoms with E-state index in [1.54, 1.807) is 0 Å². The van der Waals surface area contributed by atoms with Gasteiger partial charge in [0.1, 0.15) is 6.04 Å². The molecule has 0 fully saturated rings. The third-order valence-electron chi connectivity index (χ3n) is 1.18. The van der Waals surface area contributed by atoms with Crippen LogP contribution in [0.4, 0.5) is 0 Å². The summed E-state index contributed by atoms with van der Waals surface area (Å²) in [7, 11) is 0. The average Bonchev–Trinajstić information content (AvgIpc) is 1.96. The molecular weight excluding hydrogens is 212 g/mol. The summed E-state index contributed by atoms with van der Waals surface area (Å²) in [6.07, 6.45) is -0.491. The van der Waals surface area contributed by atoms with Gasteiger partial charge in [0.15, 0.2) is 0 Å². The Balaban J connectivity index is -0.000000605. The van der Waals surface area contributed by atoms with Gasteiger partial charge in [0.25, 0.3) is 0 Å². The predicted molar refractivity (Wildman–Crippen MR) is 53.1 cm³/mol. The zero-order valence-corrected chi connectivity index (χ0v) is 6.36. The van der Waals surface area contributed by atoms with E-state index in [1.165, 1.54) is 0 Å². The molecule has 0 aliphatic rings. The first-order valence-electron chi connectivity index (χ1n) is 3.36. The van der Waals surface area contributed by atoms with Crippen LogP contribution in [0.25, 0.3) is 0 Å². The van der Waals surface area contributed by atoms with Crippen molar-refractivity contribution in [1.82, 2.24) is 5.32 Å². The Morgan fingerprint density at radius 3 is 2.00 bits per heavy atom. The van der Waals surface area contributed by atoms with E-state index in [0.29, 0.717) is 0 Å². The Morgan fingerprint density at radius 2 is 1.71 bits per heavy atom. The summed E-state index contributed by atoms with van der Waals surface area (Å²) in [5.74, 6) is -2.42. The van der Waals surface area contributed by atoms with E-state index in [-0.39, 0.29) is 72.3 Å². The molecule has 0 aromatic rings. The fourth-order valence-electron chi connectivity index (χ4n) is 0.660. The van der Waals surface area contributed by atoms with Gasteiger partial charge in [-0.2, -0.15) is 0 Å². The molecule has 0 spiro atoms. The van der Waals surface area contributed by atoms with Gasteiger partial charge in [0.2, 0.25) is 0 Å².